The van der Waals surface area contributed by atoms with Crippen molar-refractivity contribution in [2.24, 2.45) is 0 Å². The summed E-state index contributed by atoms with van der Waals surface area (Å²) in [4.78, 5) is 29.9. The van der Waals surface area contributed by atoms with Crippen LogP contribution in [0.15, 0.2) is 65.2 Å². The molecule has 8 nitrogen and oxygen atoms in total. The number of nitrogens with one attached hydrogen (secondary N) is 1. The predicted octanol–water partition coefficient (Wildman–Crippen LogP) is 4.05. The van der Waals surface area contributed by atoms with Crippen LogP contribution in [0.25, 0.3) is 11.3 Å². The Morgan fingerprint density at radius 3 is 2.56 bits per heavy atom. The van der Waals surface area contributed by atoms with Gasteiger partial charge in [-0.25, -0.2) is 4.79 Å². The van der Waals surface area contributed by atoms with Crippen LogP contribution in [0, 0.1) is 0 Å². The first-order valence-corrected chi connectivity index (χ1v) is 11.3. The van der Waals surface area contributed by atoms with Crippen LogP contribution >= 0.6 is 12.2 Å². The number of hydrogen-bond acceptors (Lipinski definition) is 7. The zero-order valence-corrected chi connectivity index (χ0v) is 19.7. The van der Waals surface area contributed by atoms with E-state index >= 15 is 0 Å². The van der Waals surface area contributed by atoms with Crippen molar-refractivity contribution >= 4 is 29.3 Å². The van der Waals surface area contributed by atoms with Gasteiger partial charge >= 0.3 is 11.9 Å². The first-order valence-electron chi connectivity index (χ1n) is 10.8. The van der Waals surface area contributed by atoms with Crippen LogP contribution in [-0.2, 0) is 14.3 Å². The molecule has 0 aliphatic carbocycles. The fourth-order valence-corrected chi connectivity index (χ4v) is 4.34. The molecular formula is C25H25N3O5S. The van der Waals surface area contributed by atoms with Crippen molar-refractivity contribution in [1.29, 1.82) is 0 Å². The van der Waals surface area contributed by atoms with Crippen LogP contribution in [0.4, 0.5) is 0 Å². The third-order valence-corrected chi connectivity index (χ3v) is 6.07. The minimum atomic E-state index is -0.391. The Balaban J connectivity index is 1.62. The summed E-state index contributed by atoms with van der Waals surface area (Å²) >= 11 is 5.64. The Bertz CT molecular complexity index is 1160. The van der Waals surface area contributed by atoms with E-state index in [-0.39, 0.29) is 18.1 Å². The Hall–Kier alpha value is -3.72. The summed E-state index contributed by atoms with van der Waals surface area (Å²) < 4.78 is 15.8. The van der Waals surface area contributed by atoms with Gasteiger partial charge in [-0.3, -0.25) is 9.78 Å². The number of aromatic nitrogens is 1. The lowest BCUT2D eigenvalue weighted by molar-refractivity contribution is -0.140. The Morgan fingerprint density at radius 1 is 1.09 bits per heavy atom. The van der Waals surface area contributed by atoms with Gasteiger partial charge in [-0.1, -0.05) is 18.2 Å². The summed E-state index contributed by atoms with van der Waals surface area (Å²) in [5, 5.41) is 3.94. The average molecular weight is 480 g/mol. The van der Waals surface area contributed by atoms with E-state index in [1.165, 1.54) is 14.2 Å². The van der Waals surface area contributed by atoms with Crippen LogP contribution in [-0.4, -0.2) is 47.7 Å². The Morgan fingerprint density at radius 2 is 1.88 bits per heavy atom. The standard InChI is InChI=1S/C25H25N3O5S/c1-31-21(29)7-5-15-28-23(22(27-25(28)34)18-6-3-4-14-26-18)20-13-12-19(33-20)16-8-10-17(11-9-16)24(30)32-2/h3-4,6,8-14,22-23H,5,7,15H2,1-2H3,(H,27,34)/t22-,23-/m1/s1. The van der Waals surface area contributed by atoms with Gasteiger partial charge in [-0.2, -0.15) is 0 Å². The van der Waals surface area contributed by atoms with Crippen LogP contribution in [0.3, 0.4) is 0 Å². The molecule has 1 saturated heterocycles. The number of carbonyl (C=O) groups is 2. The largest absolute Gasteiger partial charge is 0.469 e. The molecule has 0 unspecified atom stereocenters. The molecule has 2 atom stereocenters. The molecule has 2 aromatic heterocycles. The van der Waals surface area contributed by atoms with Gasteiger partial charge < -0.3 is 24.1 Å². The number of ether oxygens (including phenoxy) is 2. The monoisotopic (exact) mass is 479 g/mol. The molecule has 0 radical (unpaired) electrons. The second-order valence-corrected chi connectivity index (χ2v) is 8.16. The first kappa shape index (κ1) is 23.4. The number of hydrogen-bond donors (Lipinski definition) is 1. The number of pyridine rings is 1. The van der Waals surface area contributed by atoms with Crippen LogP contribution in [0.1, 0.15) is 46.7 Å². The van der Waals surface area contributed by atoms with E-state index in [0.717, 1.165) is 11.3 Å². The van der Waals surface area contributed by atoms with Crippen molar-refractivity contribution in [2.75, 3.05) is 20.8 Å². The minimum Gasteiger partial charge on any atom is -0.469 e. The first-order chi connectivity index (χ1) is 16.5. The molecule has 4 rings (SSSR count). The summed E-state index contributed by atoms with van der Waals surface area (Å²) in [6.07, 6.45) is 2.63. The van der Waals surface area contributed by atoms with Crippen LogP contribution in [0.2, 0.25) is 0 Å². The number of carbonyl (C=O) groups excluding carboxylic acids is 2. The predicted molar refractivity (Wildman–Crippen MR) is 129 cm³/mol. The molecule has 1 aliphatic rings. The number of benzene rings is 1. The second-order valence-electron chi connectivity index (χ2n) is 7.77. The molecular weight excluding hydrogens is 454 g/mol. The molecule has 0 saturated carbocycles. The third kappa shape index (κ3) is 4.94. The lowest BCUT2D eigenvalue weighted by Gasteiger charge is -2.25. The van der Waals surface area contributed by atoms with E-state index in [9.17, 15) is 9.59 Å². The number of esters is 2. The highest BCUT2D eigenvalue weighted by Gasteiger charge is 2.41. The fourth-order valence-electron chi connectivity index (χ4n) is 4.01. The summed E-state index contributed by atoms with van der Waals surface area (Å²) in [7, 11) is 2.73. The van der Waals surface area contributed by atoms with Crippen molar-refractivity contribution in [3.63, 3.8) is 0 Å². The molecule has 176 valence electrons. The van der Waals surface area contributed by atoms with Gasteiger partial charge in [0.05, 0.1) is 31.5 Å². The smallest absolute Gasteiger partial charge is 0.337 e. The average Bonchev–Trinajstić information content (AvgIpc) is 3.49. The molecule has 1 fully saturated rings. The number of methoxy groups -OCH3 is 2. The number of thiocarbonyl (C=S) groups is 1. The number of nitrogens with zero attached hydrogens (tertiary/aromatic N) is 2. The van der Waals surface area contributed by atoms with Crippen molar-refractivity contribution in [1.82, 2.24) is 15.2 Å². The summed E-state index contributed by atoms with van der Waals surface area (Å²) in [6.45, 7) is 0.554. The molecule has 1 aliphatic heterocycles. The van der Waals surface area contributed by atoms with E-state index in [2.05, 4.69) is 10.3 Å². The van der Waals surface area contributed by atoms with E-state index in [0.29, 0.717) is 41.6 Å². The van der Waals surface area contributed by atoms with Gasteiger partial charge in [0.15, 0.2) is 5.11 Å². The summed E-state index contributed by atoms with van der Waals surface area (Å²) in [6, 6.07) is 16.1. The second kappa shape index (κ2) is 10.5. The quantitative estimate of drug-likeness (QED) is 0.379. The van der Waals surface area contributed by atoms with E-state index in [1.807, 2.05) is 47.4 Å². The van der Waals surface area contributed by atoms with Crippen LogP contribution in [0.5, 0.6) is 0 Å². The maximum atomic E-state index is 11.7. The maximum absolute atomic E-state index is 11.7. The highest BCUT2D eigenvalue weighted by Crippen LogP contribution is 2.40. The summed E-state index contributed by atoms with van der Waals surface area (Å²) in [5.74, 6) is 0.733. The van der Waals surface area contributed by atoms with Crippen molar-refractivity contribution in [2.45, 2.75) is 24.9 Å². The van der Waals surface area contributed by atoms with E-state index in [4.69, 9.17) is 26.1 Å². The molecule has 34 heavy (non-hydrogen) atoms. The lowest BCUT2D eigenvalue weighted by atomic mass is 10.0. The van der Waals surface area contributed by atoms with Gasteiger partial charge in [0.2, 0.25) is 0 Å². The molecule has 0 amide bonds. The fraction of sp³-hybridized carbons (Fsp3) is 0.280. The molecule has 0 spiro atoms. The molecule has 1 aromatic carbocycles. The lowest BCUT2D eigenvalue weighted by Crippen LogP contribution is -2.30. The van der Waals surface area contributed by atoms with E-state index < -0.39 is 5.97 Å². The van der Waals surface area contributed by atoms with Crippen molar-refractivity contribution in [3.05, 3.63) is 77.8 Å². The molecule has 0 bridgehead atoms. The topological polar surface area (TPSA) is 93.9 Å². The zero-order valence-electron chi connectivity index (χ0n) is 18.9. The van der Waals surface area contributed by atoms with Gasteiger partial charge in [-0.15, -0.1) is 0 Å². The molecule has 3 heterocycles. The molecule has 9 heteroatoms. The zero-order chi connectivity index (χ0) is 24.1. The number of furan rings is 1. The van der Waals surface area contributed by atoms with Gasteiger partial charge in [0, 0.05) is 24.7 Å². The van der Waals surface area contributed by atoms with Gasteiger partial charge in [0.25, 0.3) is 0 Å². The SMILES string of the molecule is COC(=O)CCCN1C(=S)N[C@H](c2ccccn2)[C@H]1c1ccc(-c2ccc(C(=O)OC)cc2)o1. The highest BCUT2D eigenvalue weighted by molar-refractivity contribution is 7.80. The number of rotatable bonds is 8. The minimum absolute atomic E-state index is 0.215. The Labute approximate surface area is 202 Å². The molecule has 3 aromatic rings. The van der Waals surface area contributed by atoms with E-state index in [1.54, 1.807) is 18.3 Å². The summed E-state index contributed by atoms with van der Waals surface area (Å²) in [5.41, 5.74) is 2.14. The van der Waals surface area contributed by atoms with Gasteiger partial charge in [-0.05, 0) is 55.0 Å². The van der Waals surface area contributed by atoms with Gasteiger partial charge in [0.1, 0.15) is 17.6 Å². The Kier molecular flexibility index (Phi) is 7.22. The van der Waals surface area contributed by atoms with Crippen molar-refractivity contribution < 1.29 is 23.5 Å². The molecule has 1 N–H and O–H groups in total. The highest BCUT2D eigenvalue weighted by atomic mass is 32.1. The maximum Gasteiger partial charge on any atom is 0.337 e. The third-order valence-electron chi connectivity index (χ3n) is 5.71. The van der Waals surface area contributed by atoms with Crippen molar-refractivity contribution in [3.8, 4) is 11.3 Å². The normalized spacial score (nSPS) is 17.4. The van der Waals surface area contributed by atoms with Crippen LogP contribution < -0.4 is 5.32 Å².